The van der Waals surface area contributed by atoms with Gasteiger partial charge in [-0.25, -0.2) is 4.98 Å². The third-order valence-electron chi connectivity index (χ3n) is 8.82. The van der Waals surface area contributed by atoms with Gasteiger partial charge < -0.3 is 37.0 Å². The summed E-state index contributed by atoms with van der Waals surface area (Å²) in [6, 6.07) is 4.74. The molecule has 3 atom stereocenters. The van der Waals surface area contributed by atoms with Crippen LogP contribution in [0.15, 0.2) is 33.7 Å². The highest BCUT2D eigenvalue weighted by atomic mass is 32.3. The molecule has 8 N–H and O–H groups in total. The fourth-order valence-corrected chi connectivity index (χ4v) is 6.98. The Bertz CT molecular complexity index is 1710. The molecule has 1 aromatic heterocycles. The number of piperidine rings is 1. The Morgan fingerprint density at radius 1 is 1.29 bits per heavy atom. The minimum atomic E-state index is -4.96. The van der Waals surface area contributed by atoms with E-state index in [-0.39, 0.29) is 22.6 Å². The van der Waals surface area contributed by atoms with Gasteiger partial charge in [0, 0.05) is 24.0 Å². The van der Waals surface area contributed by atoms with Crippen LogP contribution in [0, 0.1) is 0 Å². The van der Waals surface area contributed by atoms with Gasteiger partial charge in [0.05, 0.1) is 11.6 Å². The van der Waals surface area contributed by atoms with E-state index < -0.39 is 46.0 Å². The van der Waals surface area contributed by atoms with Crippen LogP contribution in [-0.4, -0.2) is 107 Å². The van der Waals surface area contributed by atoms with Gasteiger partial charge in [-0.3, -0.25) is 19.1 Å². The number of ether oxygens (including phenoxy) is 1. The molecule has 3 aliphatic rings. The van der Waals surface area contributed by atoms with Crippen molar-refractivity contribution < 1.29 is 36.4 Å². The molecule has 3 aliphatic heterocycles. The smallest absolute Gasteiger partial charge is 0.418 e. The SMILES string of the molecule is CC(O/N=C(\C(=O)NC1C(=O)N(OS(=O)(=O)O)C1(C)C)c1csc(N)n1)C1CCc2cc(C(N)=NC3CCN(CCCN)CC3)ccc2O1. The molecule has 3 unspecified atom stereocenters. The molecule has 0 radical (unpaired) electrons. The number of fused-ring (bicyclic) bond motifs is 1. The number of β-lactam (4-membered cyclic amide) rings is 1. The van der Waals surface area contributed by atoms with E-state index in [1.807, 2.05) is 18.2 Å². The second kappa shape index (κ2) is 14.9. The summed E-state index contributed by atoms with van der Waals surface area (Å²) < 4.78 is 41.9. The number of aliphatic imine (C=N–C) groups is 1. The molecule has 49 heavy (non-hydrogen) atoms. The van der Waals surface area contributed by atoms with Crippen molar-refractivity contribution in [2.45, 2.75) is 82.7 Å². The predicted octanol–water partition coefficient (Wildman–Crippen LogP) is 0.587. The number of hydrogen-bond acceptors (Lipinski definition) is 14. The molecule has 2 saturated heterocycles. The fourth-order valence-electron chi connectivity index (χ4n) is 5.98. The predicted molar refractivity (Wildman–Crippen MR) is 182 cm³/mol. The minimum Gasteiger partial charge on any atom is -0.486 e. The highest BCUT2D eigenvalue weighted by molar-refractivity contribution is 7.80. The van der Waals surface area contributed by atoms with Gasteiger partial charge in [0.15, 0.2) is 16.9 Å². The van der Waals surface area contributed by atoms with Crippen LogP contribution in [0.25, 0.3) is 0 Å². The molecule has 268 valence electrons. The number of oxime groups is 1. The van der Waals surface area contributed by atoms with Crippen LogP contribution in [-0.2, 0) is 35.5 Å². The van der Waals surface area contributed by atoms with Gasteiger partial charge in [-0.05, 0) is 89.7 Å². The number of amidine groups is 1. The molecule has 1 aromatic carbocycles. The number of aryl methyl sites for hydroxylation is 1. The highest BCUT2D eigenvalue weighted by Crippen LogP contribution is 2.33. The summed E-state index contributed by atoms with van der Waals surface area (Å²) in [7, 11) is -4.96. The molecule has 0 bridgehead atoms. The summed E-state index contributed by atoms with van der Waals surface area (Å²) in [5.41, 5.74) is 18.2. The highest BCUT2D eigenvalue weighted by Gasteiger charge is 2.58. The number of hydroxylamine groups is 2. The van der Waals surface area contributed by atoms with E-state index in [0.717, 1.165) is 61.4 Å². The van der Waals surface area contributed by atoms with Crippen molar-refractivity contribution >= 4 is 50.2 Å². The maximum Gasteiger partial charge on any atom is 0.418 e. The molecule has 2 fully saturated rings. The normalized spacial score (nSPS) is 22.6. The standard InChI is InChI=1S/C30H43N9O8S2/c1-17(22-7-5-18-15-19(6-8-23(18)45-22)26(32)34-20-9-13-38(14-10-20)12-4-11-31)46-37-24(21-16-48-29(33)35-21)27(40)36-25-28(41)39(30(25,2)3)47-49(42,43)44/h6,8,15-17,20,22,25H,4-5,7,9-14,31H2,1-3H3,(H2,32,34)(H2,33,35)(H,36,40)(H,42,43,44)/b37-24-. The van der Waals surface area contributed by atoms with Crippen LogP contribution in [0.3, 0.4) is 0 Å². The average Bonchev–Trinajstić information content (AvgIpc) is 3.50. The minimum absolute atomic E-state index is 0.113. The van der Waals surface area contributed by atoms with E-state index in [1.165, 1.54) is 19.2 Å². The van der Waals surface area contributed by atoms with Crippen molar-refractivity contribution in [3.05, 3.63) is 40.4 Å². The molecule has 4 heterocycles. The van der Waals surface area contributed by atoms with Gasteiger partial charge in [0.1, 0.15) is 29.4 Å². The first-order chi connectivity index (χ1) is 23.2. The number of nitrogens with zero attached hydrogens (tertiary/aromatic N) is 5. The van der Waals surface area contributed by atoms with Crippen molar-refractivity contribution in [1.82, 2.24) is 20.3 Å². The van der Waals surface area contributed by atoms with Crippen LogP contribution in [0.4, 0.5) is 5.13 Å². The summed E-state index contributed by atoms with van der Waals surface area (Å²) in [5.74, 6) is -0.523. The number of benzene rings is 1. The average molecular weight is 722 g/mol. The van der Waals surface area contributed by atoms with Gasteiger partial charge in [-0.15, -0.1) is 15.6 Å². The lowest BCUT2D eigenvalue weighted by Crippen LogP contribution is -2.76. The van der Waals surface area contributed by atoms with E-state index >= 15 is 0 Å². The second-order valence-electron chi connectivity index (χ2n) is 12.8. The topological polar surface area (TPSA) is 250 Å². The second-order valence-corrected chi connectivity index (χ2v) is 14.7. The maximum atomic E-state index is 13.4. The number of carbonyl (C=O) groups excluding carboxylic acids is 2. The summed E-state index contributed by atoms with van der Waals surface area (Å²) in [6.45, 7) is 8.33. The van der Waals surface area contributed by atoms with Gasteiger partial charge in [-0.2, -0.15) is 13.5 Å². The van der Waals surface area contributed by atoms with E-state index in [1.54, 1.807) is 6.92 Å². The van der Waals surface area contributed by atoms with Crippen molar-refractivity contribution in [1.29, 1.82) is 0 Å². The number of nitrogens with one attached hydrogen (secondary N) is 1. The maximum absolute atomic E-state index is 13.4. The molecule has 5 rings (SSSR count). The van der Waals surface area contributed by atoms with E-state index in [2.05, 4.69) is 24.6 Å². The number of nitrogen functional groups attached to an aromatic ring is 1. The first kappa shape index (κ1) is 36.4. The molecular weight excluding hydrogens is 679 g/mol. The number of anilines is 1. The zero-order valence-electron chi connectivity index (χ0n) is 27.6. The number of rotatable bonds is 13. The fraction of sp³-hybridized carbons (Fsp3) is 0.567. The molecule has 0 aliphatic carbocycles. The lowest BCUT2D eigenvalue weighted by atomic mass is 9.84. The molecule has 2 aromatic rings. The number of amides is 2. The third-order valence-corrected chi connectivity index (χ3v) is 9.84. The molecular formula is C30H43N9O8S2. The molecule has 0 spiro atoms. The molecule has 2 amide bonds. The number of carbonyl (C=O) groups is 2. The Morgan fingerprint density at radius 2 is 2.02 bits per heavy atom. The van der Waals surface area contributed by atoms with Crippen molar-refractivity contribution in [3.8, 4) is 5.75 Å². The van der Waals surface area contributed by atoms with Crippen LogP contribution in [0.5, 0.6) is 5.75 Å². The number of hydrogen-bond donors (Lipinski definition) is 5. The van der Waals surface area contributed by atoms with Gasteiger partial charge in [0.25, 0.3) is 11.8 Å². The lowest BCUT2D eigenvalue weighted by molar-refractivity contribution is -0.218. The van der Waals surface area contributed by atoms with Gasteiger partial charge in [0.2, 0.25) is 0 Å². The Labute approximate surface area is 288 Å². The van der Waals surface area contributed by atoms with Crippen molar-refractivity contribution in [2.75, 3.05) is 31.9 Å². The third kappa shape index (κ3) is 8.65. The van der Waals surface area contributed by atoms with E-state index in [9.17, 15) is 18.0 Å². The molecule has 19 heteroatoms. The van der Waals surface area contributed by atoms with E-state index in [0.29, 0.717) is 36.0 Å². The Morgan fingerprint density at radius 3 is 2.65 bits per heavy atom. The van der Waals surface area contributed by atoms with Crippen molar-refractivity contribution in [2.24, 2.45) is 21.6 Å². The van der Waals surface area contributed by atoms with Crippen LogP contribution in [0.2, 0.25) is 0 Å². The lowest BCUT2D eigenvalue weighted by Gasteiger charge is -2.50. The molecule has 17 nitrogen and oxygen atoms in total. The number of nitrogens with two attached hydrogens (primary N) is 3. The quantitative estimate of drug-likeness (QED) is 0.0625. The Kier molecular flexibility index (Phi) is 11.1. The number of aromatic nitrogens is 1. The van der Waals surface area contributed by atoms with Crippen LogP contribution >= 0.6 is 11.3 Å². The van der Waals surface area contributed by atoms with Crippen molar-refractivity contribution in [3.63, 3.8) is 0 Å². The largest absolute Gasteiger partial charge is 0.486 e. The van der Waals surface area contributed by atoms with Gasteiger partial charge in [-0.1, -0.05) is 5.16 Å². The number of likely N-dealkylation sites (tertiary alicyclic amines) is 1. The monoisotopic (exact) mass is 721 g/mol. The summed E-state index contributed by atoms with van der Waals surface area (Å²) in [4.78, 5) is 43.1. The first-order valence-corrected chi connectivity index (χ1v) is 18.2. The summed E-state index contributed by atoms with van der Waals surface area (Å²) >= 11 is 1.08. The van der Waals surface area contributed by atoms with Crippen LogP contribution in [0.1, 0.15) is 63.3 Å². The first-order valence-electron chi connectivity index (χ1n) is 16.0. The van der Waals surface area contributed by atoms with Gasteiger partial charge >= 0.3 is 10.4 Å². The zero-order valence-corrected chi connectivity index (χ0v) is 29.2. The molecule has 0 saturated carbocycles. The summed E-state index contributed by atoms with van der Waals surface area (Å²) in [6.07, 6.45) is 3.20. The van der Waals surface area contributed by atoms with Crippen LogP contribution < -0.4 is 27.3 Å². The zero-order chi connectivity index (χ0) is 35.5. The summed E-state index contributed by atoms with van der Waals surface area (Å²) in [5, 5.41) is 8.75. The number of thiazole rings is 1. The van der Waals surface area contributed by atoms with E-state index in [4.69, 9.17) is 36.3 Å². The Hall–Kier alpha value is -3.88. The Balaban J connectivity index is 1.21.